The van der Waals surface area contributed by atoms with Crippen LogP contribution in [0.4, 0.5) is 0 Å². The van der Waals surface area contributed by atoms with E-state index in [9.17, 15) is 5.11 Å². The number of thiophene rings is 1. The van der Waals surface area contributed by atoms with Gasteiger partial charge in [-0.25, -0.2) is 0 Å². The summed E-state index contributed by atoms with van der Waals surface area (Å²) >= 11 is 1.36. The molecule has 0 spiro atoms. The smallest absolute Gasteiger partial charge is 0.271 e. The highest BCUT2D eigenvalue weighted by Crippen LogP contribution is 2.33. The van der Waals surface area contributed by atoms with Crippen LogP contribution in [-0.4, -0.2) is 20.2 Å². The zero-order valence-electron chi connectivity index (χ0n) is 9.28. The Hall–Kier alpha value is -2.21. The fraction of sp³-hybridized carbons (Fsp3) is 0.0833. The van der Waals surface area contributed by atoms with Gasteiger partial charge in [-0.3, -0.25) is 4.98 Å². The van der Waals surface area contributed by atoms with E-state index >= 15 is 0 Å². The molecule has 0 bridgehead atoms. The molecule has 3 aromatic rings. The van der Waals surface area contributed by atoms with Gasteiger partial charge in [-0.05, 0) is 23.6 Å². The molecule has 18 heavy (non-hydrogen) atoms. The van der Waals surface area contributed by atoms with Crippen molar-refractivity contribution in [2.24, 2.45) is 0 Å². The summed E-state index contributed by atoms with van der Waals surface area (Å²) in [6.07, 6.45) is 2.23. The number of rotatable bonds is 3. The first kappa shape index (κ1) is 10.9. The molecule has 3 rings (SSSR count). The van der Waals surface area contributed by atoms with E-state index in [0.717, 1.165) is 5.69 Å². The Morgan fingerprint density at radius 2 is 2.22 bits per heavy atom. The molecule has 0 unspecified atom stereocenters. The summed E-state index contributed by atoms with van der Waals surface area (Å²) in [5, 5.41) is 15.2. The molecule has 3 aromatic heterocycles. The number of nitrogens with zero attached hydrogens (tertiary/aromatic N) is 3. The zero-order chi connectivity index (χ0) is 12.4. The van der Waals surface area contributed by atoms with Crippen LogP contribution < -0.4 is 0 Å². The maximum atomic E-state index is 9.57. The van der Waals surface area contributed by atoms with Crippen molar-refractivity contribution in [3.63, 3.8) is 0 Å². The molecule has 5 nitrogen and oxygen atoms in total. The molecule has 6 heteroatoms. The summed E-state index contributed by atoms with van der Waals surface area (Å²) in [7, 11) is 0. The third-order valence-corrected chi connectivity index (χ3v) is 3.26. The van der Waals surface area contributed by atoms with E-state index in [4.69, 9.17) is 4.52 Å². The van der Waals surface area contributed by atoms with E-state index in [1.807, 2.05) is 18.2 Å². The number of hydrogen-bond donors (Lipinski definition) is 1. The third kappa shape index (κ3) is 2.10. The lowest BCUT2D eigenvalue weighted by Gasteiger charge is -1.93. The lowest BCUT2D eigenvalue weighted by molar-refractivity contribution is 0.420. The quantitative estimate of drug-likeness (QED) is 0.782. The predicted molar refractivity (Wildman–Crippen MR) is 66.3 cm³/mol. The van der Waals surface area contributed by atoms with Crippen molar-refractivity contribution in [3.05, 3.63) is 47.4 Å². The van der Waals surface area contributed by atoms with E-state index in [-0.39, 0.29) is 5.75 Å². The number of aromatic nitrogens is 3. The first-order chi connectivity index (χ1) is 8.83. The maximum Gasteiger partial charge on any atom is 0.271 e. The Bertz CT molecular complexity index is 648. The third-order valence-electron chi connectivity index (χ3n) is 2.37. The first-order valence-corrected chi connectivity index (χ1v) is 6.20. The summed E-state index contributed by atoms with van der Waals surface area (Å²) in [5.74, 6) is 1.05. The lowest BCUT2D eigenvalue weighted by Crippen LogP contribution is -1.93. The van der Waals surface area contributed by atoms with Gasteiger partial charge < -0.3 is 9.63 Å². The normalized spacial score (nSPS) is 10.7. The average molecular weight is 259 g/mol. The van der Waals surface area contributed by atoms with Crippen molar-refractivity contribution in [3.8, 4) is 16.5 Å². The fourth-order valence-electron chi connectivity index (χ4n) is 1.55. The van der Waals surface area contributed by atoms with Gasteiger partial charge in [0.15, 0.2) is 5.82 Å². The highest BCUT2D eigenvalue weighted by atomic mass is 32.1. The minimum absolute atomic E-state index is 0.160. The van der Waals surface area contributed by atoms with Gasteiger partial charge in [0, 0.05) is 11.9 Å². The van der Waals surface area contributed by atoms with Crippen LogP contribution >= 0.6 is 11.3 Å². The predicted octanol–water partition coefficient (Wildman–Crippen LogP) is 2.49. The van der Waals surface area contributed by atoms with Gasteiger partial charge in [0.05, 0.1) is 6.42 Å². The van der Waals surface area contributed by atoms with Crippen molar-refractivity contribution >= 4 is 11.3 Å². The Balaban J connectivity index is 1.84. The molecular weight excluding hydrogens is 250 g/mol. The molecule has 0 saturated carbocycles. The van der Waals surface area contributed by atoms with Crippen LogP contribution in [0.3, 0.4) is 0 Å². The van der Waals surface area contributed by atoms with Crippen LogP contribution in [0.1, 0.15) is 11.5 Å². The van der Waals surface area contributed by atoms with Crippen molar-refractivity contribution in [1.82, 2.24) is 15.1 Å². The molecule has 0 radical (unpaired) electrons. The van der Waals surface area contributed by atoms with E-state index in [2.05, 4.69) is 15.1 Å². The number of pyridine rings is 1. The van der Waals surface area contributed by atoms with Gasteiger partial charge in [-0.1, -0.05) is 11.2 Å². The van der Waals surface area contributed by atoms with Crippen LogP contribution in [0.25, 0.3) is 10.8 Å². The topological polar surface area (TPSA) is 72.0 Å². The van der Waals surface area contributed by atoms with Crippen LogP contribution in [0.15, 0.2) is 40.4 Å². The van der Waals surface area contributed by atoms with Gasteiger partial charge in [0.25, 0.3) is 5.89 Å². The second kappa shape index (κ2) is 4.58. The van der Waals surface area contributed by atoms with Crippen molar-refractivity contribution in [2.45, 2.75) is 6.42 Å². The van der Waals surface area contributed by atoms with Crippen molar-refractivity contribution in [2.75, 3.05) is 0 Å². The van der Waals surface area contributed by atoms with Crippen LogP contribution in [0, 0.1) is 0 Å². The molecule has 0 saturated heterocycles. The summed E-state index contributed by atoms with van der Waals surface area (Å²) in [6.45, 7) is 0. The number of hydrogen-bond acceptors (Lipinski definition) is 6. The van der Waals surface area contributed by atoms with Crippen LogP contribution in [0.5, 0.6) is 5.75 Å². The van der Waals surface area contributed by atoms with Gasteiger partial charge in [-0.2, -0.15) is 4.98 Å². The zero-order valence-corrected chi connectivity index (χ0v) is 10.1. The second-order valence-corrected chi connectivity index (χ2v) is 4.56. The molecule has 0 aliphatic carbocycles. The van der Waals surface area contributed by atoms with E-state index in [1.165, 1.54) is 11.3 Å². The fourth-order valence-corrected chi connectivity index (χ4v) is 2.25. The summed E-state index contributed by atoms with van der Waals surface area (Å²) in [5.41, 5.74) is 0.875. The van der Waals surface area contributed by atoms with Gasteiger partial charge in [-0.15, -0.1) is 11.3 Å². The summed E-state index contributed by atoms with van der Waals surface area (Å²) in [6, 6.07) is 7.27. The number of aromatic hydroxyl groups is 1. The average Bonchev–Trinajstić information content (AvgIpc) is 2.99. The van der Waals surface area contributed by atoms with Gasteiger partial charge >= 0.3 is 0 Å². The van der Waals surface area contributed by atoms with Gasteiger partial charge in [0.1, 0.15) is 10.6 Å². The second-order valence-electron chi connectivity index (χ2n) is 3.65. The summed E-state index contributed by atoms with van der Waals surface area (Å²) < 4.78 is 5.12. The van der Waals surface area contributed by atoms with Crippen LogP contribution in [-0.2, 0) is 6.42 Å². The SMILES string of the molecule is Oc1ccsc1-c1nc(Cc2ccccn2)no1. The molecule has 90 valence electrons. The Morgan fingerprint density at radius 1 is 1.28 bits per heavy atom. The monoisotopic (exact) mass is 259 g/mol. The molecular formula is C12H9N3O2S. The molecule has 0 fully saturated rings. The van der Waals surface area contributed by atoms with E-state index in [1.54, 1.807) is 17.6 Å². The highest BCUT2D eigenvalue weighted by molar-refractivity contribution is 7.13. The molecule has 0 aliphatic heterocycles. The molecule has 0 amide bonds. The lowest BCUT2D eigenvalue weighted by atomic mass is 10.2. The van der Waals surface area contributed by atoms with E-state index < -0.39 is 0 Å². The molecule has 3 heterocycles. The highest BCUT2D eigenvalue weighted by Gasteiger charge is 2.14. The van der Waals surface area contributed by atoms with Crippen LogP contribution in [0.2, 0.25) is 0 Å². The minimum atomic E-state index is 0.160. The molecule has 1 N–H and O–H groups in total. The largest absolute Gasteiger partial charge is 0.506 e. The molecule has 0 atom stereocenters. The first-order valence-electron chi connectivity index (χ1n) is 5.32. The van der Waals surface area contributed by atoms with Gasteiger partial charge in [0.2, 0.25) is 0 Å². The minimum Gasteiger partial charge on any atom is -0.506 e. The van der Waals surface area contributed by atoms with E-state index in [0.29, 0.717) is 23.0 Å². The standard InChI is InChI=1S/C12H9N3O2S/c16-9-4-6-18-11(9)12-14-10(15-17-12)7-8-3-1-2-5-13-8/h1-6,16H,7H2. The maximum absolute atomic E-state index is 9.57. The Labute approximate surface area is 107 Å². The van der Waals surface area contributed by atoms with Crippen molar-refractivity contribution in [1.29, 1.82) is 0 Å². The van der Waals surface area contributed by atoms with Crippen molar-refractivity contribution < 1.29 is 9.63 Å². The molecule has 0 aliphatic rings. The Kier molecular flexibility index (Phi) is 2.77. The molecule has 0 aromatic carbocycles. The summed E-state index contributed by atoms with van der Waals surface area (Å²) in [4.78, 5) is 9.03. The Morgan fingerprint density at radius 3 is 2.94 bits per heavy atom.